The van der Waals surface area contributed by atoms with Crippen LogP contribution in [0.4, 0.5) is 0 Å². The topological polar surface area (TPSA) is 20.2 Å². The van der Waals surface area contributed by atoms with Gasteiger partial charge in [-0.1, -0.05) is 62.3 Å². The zero-order valence-electron chi connectivity index (χ0n) is 12.2. The van der Waals surface area contributed by atoms with Crippen LogP contribution in [0.15, 0.2) is 24.3 Å². The van der Waals surface area contributed by atoms with Crippen molar-refractivity contribution in [2.45, 2.75) is 69.3 Å². The highest BCUT2D eigenvalue weighted by Gasteiger charge is 2.45. The summed E-state index contributed by atoms with van der Waals surface area (Å²) in [5, 5.41) is 11.7. The maximum absolute atomic E-state index is 10.9. The Hall–Kier alpha value is -0.530. The van der Waals surface area contributed by atoms with Gasteiger partial charge in [-0.2, -0.15) is 0 Å². The highest BCUT2D eigenvalue weighted by molar-refractivity contribution is 6.30. The van der Waals surface area contributed by atoms with Gasteiger partial charge in [-0.25, -0.2) is 0 Å². The summed E-state index contributed by atoms with van der Waals surface area (Å²) in [6, 6.07) is 8.15. The molecule has 110 valence electrons. The Morgan fingerprint density at radius 1 is 1.15 bits per heavy atom. The lowest BCUT2D eigenvalue weighted by molar-refractivity contribution is 0.00705. The smallest absolute Gasteiger partial charge is 0.0639 e. The average molecular weight is 293 g/mol. The predicted molar refractivity (Wildman–Crippen MR) is 84.2 cm³/mol. The Morgan fingerprint density at radius 2 is 1.90 bits per heavy atom. The van der Waals surface area contributed by atoms with Crippen molar-refractivity contribution in [2.75, 3.05) is 0 Å². The molecule has 1 nitrogen and oxygen atoms in total. The monoisotopic (exact) mass is 292 g/mol. The van der Waals surface area contributed by atoms with E-state index >= 15 is 0 Å². The summed E-state index contributed by atoms with van der Waals surface area (Å²) in [6.45, 7) is 0. The number of aliphatic hydroxyl groups is 1. The quantitative estimate of drug-likeness (QED) is 0.819. The number of aliphatic hydroxyl groups excluding tert-OH is 1. The second kappa shape index (κ2) is 6.07. The molecular formula is C18H25ClO. The number of rotatable bonds is 4. The third kappa shape index (κ3) is 2.76. The van der Waals surface area contributed by atoms with Gasteiger partial charge >= 0.3 is 0 Å². The summed E-state index contributed by atoms with van der Waals surface area (Å²) in [5.74, 6) is 0.732. The predicted octanol–water partition coefficient (Wildman–Crippen LogP) is 5.09. The van der Waals surface area contributed by atoms with E-state index in [4.69, 9.17) is 11.6 Å². The van der Waals surface area contributed by atoms with Crippen LogP contribution in [0.2, 0.25) is 5.02 Å². The molecule has 0 saturated heterocycles. The minimum atomic E-state index is -0.196. The van der Waals surface area contributed by atoms with Crippen molar-refractivity contribution in [3.05, 3.63) is 34.9 Å². The number of benzene rings is 1. The molecule has 0 spiro atoms. The Labute approximate surface area is 127 Å². The summed E-state index contributed by atoms with van der Waals surface area (Å²) in [6.07, 6.45) is 10.9. The first-order valence-corrected chi connectivity index (χ1v) is 8.53. The van der Waals surface area contributed by atoms with Gasteiger partial charge in [0.05, 0.1) is 6.10 Å². The van der Waals surface area contributed by atoms with E-state index in [0.29, 0.717) is 0 Å². The molecule has 0 heterocycles. The van der Waals surface area contributed by atoms with E-state index in [9.17, 15) is 5.11 Å². The van der Waals surface area contributed by atoms with E-state index in [-0.39, 0.29) is 11.5 Å². The molecule has 3 rings (SSSR count). The third-order valence-corrected chi connectivity index (χ3v) is 5.80. The fourth-order valence-electron chi connectivity index (χ4n) is 4.13. The summed E-state index contributed by atoms with van der Waals surface area (Å²) in [4.78, 5) is 0. The standard InChI is InChI=1S/C18H25ClO/c19-16-9-4-8-15(13-16)18(10-5-11-18)17(20)12-14-6-2-1-3-7-14/h4,8-9,13-14,17,20H,1-3,5-7,10-12H2. The first-order valence-electron chi connectivity index (χ1n) is 8.15. The molecule has 2 aliphatic carbocycles. The summed E-state index contributed by atoms with van der Waals surface area (Å²) in [7, 11) is 0. The van der Waals surface area contributed by atoms with Crippen LogP contribution < -0.4 is 0 Å². The van der Waals surface area contributed by atoms with Crippen LogP contribution in [0, 0.1) is 5.92 Å². The molecule has 2 saturated carbocycles. The Kier molecular flexibility index (Phi) is 4.37. The van der Waals surface area contributed by atoms with Crippen molar-refractivity contribution >= 4 is 11.6 Å². The molecular weight excluding hydrogens is 268 g/mol. The van der Waals surface area contributed by atoms with Crippen LogP contribution in [0.5, 0.6) is 0 Å². The maximum Gasteiger partial charge on any atom is 0.0639 e. The molecule has 2 heteroatoms. The van der Waals surface area contributed by atoms with Gasteiger partial charge in [0.2, 0.25) is 0 Å². The lowest BCUT2D eigenvalue weighted by atomic mass is 9.59. The molecule has 0 aliphatic heterocycles. The van der Waals surface area contributed by atoms with Gasteiger partial charge in [-0.3, -0.25) is 0 Å². The SMILES string of the molecule is OC(CC1CCCCC1)C1(c2cccc(Cl)c2)CCC1. The molecule has 1 atom stereocenters. The van der Waals surface area contributed by atoms with Gasteiger partial charge < -0.3 is 5.11 Å². The molecule has 1 aromatic carbocycles. The third-order valence-electron chi connectivity index (χ3n) is 5.56. The van der Waals surface area contributed by atoms with E-state index in [1.165, 1.54) is 44.1 Å². The van der Waals surface area contributed by atoms with E-state index < -0.39 is 0 Å². The molecule has 0 radical (unpaired) electrons. The zero-order chi connectivity index (χ0) is 14.0. The minimum Gasteiger partial charge on any atom is -0.392 e. The summed E-state index contributed by atoms with van der Waals surface area (Å²) in [5.41, 5.74) is 1.24. The number of halogens is 1. The average Bonchev–Trinajstić information content (AvgIpc) is 2.38. The van der Waals surface area contributed by atoms with Gasteiger partial charge in [-0.15, -0.1) is 0 Å². The minimum absolute atomic E-state index is 0.0116. The summed E-state index contributed by atoms with van der Waals surface area (Å²) >= 11 is 6.15. The molecule has 2 aliphatic rings. The Bertz CT molecular complexity index is 446. The van der Waals surface area contributed by atoms with Crippen LogP contribution in [0.3, 0.4) is 0 Å². The first-order chi connectivity index (χ1) is 9.71. The van der Waals surface area contributed by atoms with Gasteiger partial charge in [-0.05, 0) is 42.9 Å². The number of hydrogen-bond donors (Lipinski definition) is 1. The van der Waals surface area contributed by atoms with E-state index in [1.54, 1.807) is 0 Å². The number of hydrogen-bond acceptors (Lipinski definition) is 1. The van der Waals surface area contributed by atoms with Crippen molar-refractivity contribution in [2.24, 2.45) is 5.92 Å². The molecule has 20 heavy (non-hydrogen) atoms. The molecule has 1 unspecified atom stereocenters. The van der Waals surface area contributed by atoms with Crippen molar-refractivity contribution in [3.63, 3.8) is 0 Å². The van der Waals surface area contributed by atoms with Crippen LogP contribution in [0.25, 0.3) is 0 Å². The molecule has 1 N–H and O–H groups in total. The van der Waals surface area contributed by atoms with Crippen molar-refractivity contribution in [1.82, 2.24) is 0 Å². The molecule has 0 amide bonds. The first kappa shape index (κ1) is 14.4. The molecule has 0 bridgehead atoms. The maximum atomic E-state index is 10.9. The van der Waals surface area contributed by atoms with E-state index in [0.717, 1.165) is 30.2 Å². The van der Waals surface area contributed by atoms with Crippen molar-refractivity contribution in [3.8, 4) is 0 Å². The lowest BCUT2D eigenvalue weighted by Gasteiger charge is -2.47. The van der Waals surface area contributed by atoms with Gasteiger partial charge in [0.1, 0.15) is 0 Å². The van der Waals surface area contributed by atoms with Gasteiger partial charge in [0, 0.05) is 10.4 Å². The zero-order valence-corrected chi connectivity index (χ0v) is 12.9. The highest BCUT2D eigenvalue weighted by Crippen LogP contribution is 2.49. The fourth-order valence-corrected chi connectivity index (χ4v) is 4.32. The second-order valence-corrected chi connectivity index (χ2v) is 7.21. The lowest BCUT2D eigenvalue weighted by Crippen LogP contribution is -2.46. The fraction of sp³-hybridized carbons (Fsp3) is 0.667. The summed E-state index contributed by atoms with van der Waals surface area (Å²) < 4.78 is 0. The van der Waals surface area contributed by atoms with Crippen LogP contribution in [-0.2, 0) is 5.41 Å². The second-order valence-electron chi connectivity index (χ2n) is 6.78. The van der Waals surface area contributed by atoms with Gasteiger partial charge in [0.25, 0.3) is 0 Å². The van der Waals surface area contributed by atoms with E-state index in [2.05, 4.69) is 12.1 Å². The molecule has 0 aromatic heterocycles. The van der Waals surface area contributed by atoms with Crippen LogP contribution in [0.1, 0.15) is 63.4 Å². The van der Waals surface area contributed by atoms with Crippen LogP contribution in [-0.4, -0.2) is 11.2 Å². The molecule has 1 aromatic rings. The highest BCUT2D eigenvalue weighted by atomic mass is 35.5. The normalized spacial score (nSPS) is 24.1. The Balaban J connectivity index is 1.74. The van der Waals surface area contributed by atoms with E-state index in [1.807, 2.05) is 12.1 Å². The largest absolute Gasteiger partial charge is 0.392 e. The van der Waals surface area contributed by atoms with Crippen LogP contribution >= 0.6 is 11.6 Å². The Morgan fingerprint density at radius 3 is 2.50 bits per heavy atom. The van der Waals surface area contributed by atoms with Crippen molar-refractivity contribution in [1.29, 1.82) is 0 Å². The molecule has 2 fully saturated rings. The van der Waals surface area contributed by atoms with Gasteiger partial charge in [0.15, 0.2) is 0 Å². The van der Waals surface area contributed by atoms with Crippen molar-refractivity contribution < 1.29 is 5.11 Å².